The number of nitro benzene ring substituents is 1. The molecular weight excluding hydrogens is 398 g/mol. The fourth-order valence-corrected chi connectivity index (χ4v) is 5.03. The molecule has 0 spiro atoms. The van der Waals surface area contributed by atoms with Crippen molar-refractivity contribution in [2.75, 3.05) is 16.8 Å². The van der Waals surface area contributed by atoms with Gasteiger partial charge >= 0.3 is 0 Å². The zero-order chi connectivity index (χ0) is 21.7. The number of nitro groups is 1. The number of amides is 2. The summed E-state index contributed by atoms with van der Waals surface area (Å²) in [4.78, 5) is 38.4. The largest absolute Gasteiger partial charge is 0.494 e. The van der Waals surface area contributed by atoms with Gasteiger partial charge in [-0.1, -0.05) is 12.2 Å². The summed E-state index contributed by atoms with van der Waals surface area (Å²) in [7, 11) is 0. The molecule has 2 aromatic rings. The van der Waals surface area contributed by atoms with Crippen LogP contribution in [0.4, 0.5) is 22.7 Å². The Morgan fingerprint density at radius 1 is 1.06 bits per heavy atom. The quantitative estimate of drug-likeness (QED) is 0.328. The standard InChI is InChI=1S/C23H21N3O5/c1-2-31-17-8-5-15(6-9-17)24-18-10-7-16(12-19(18)26(29)30)25-22(27)20-13-3-4-14(11-13)21(20)23(25)28/h3-10,12-14,20-21,24H,2,11H2,1H3. The van der Waals surface area contributed by atoms with Gasteiger partial charge < -0.3 is 10.1 Å². The van der Waals surface area contributed by atoms with Crippen LogP contribution in [0.1, 0.15) is 13.3 Å². The second kappa shape index (κ2) is 7.23. The first-order valence-electron chi connectivity index (χ1n) is 10.3. The lowest BCUT2D eigenvalue weighted by Crippen LogP contribution is -2.32. The number of hydrogen-bond acceptors (Lipinski definition) is 6. The van der Waals surface area contributed by atoms with Crippen LogP contribution in [-0.4, -0.2) is 23.3 Å². The van der Waals surface area contributed by atoms with Crippen molar-refractivity contribution in [1.82, 2.24) is 0 Å². The van der Waals surface area contributed by atoms with Crippen LogP contribution in [0.5, 0.6) is 5.75 Å². The Labute approximate surface area is 178 Å². The third-order valence-corrected chi connectivity index (χ3v) is 6.35. The molecule has 8 nitrogen and oxygen atoms in total. The molecule has 31 heavy (non-hydrogen) atoms. The lowest BCUT2D eigenvalue weighted by Gasteiger charge is -2.18. The fourth-order valence-electron chi connectivity index (χ4n) is 5.03. The number of carbonyl (C=O) groups excluding carboxylic acids is 2. The highest BCUT2D eigenvalue weighted by Gasteiger charge is 2.59. The molecule has 1 N–H and O–H groups in total. The maximum atomic E-state index is 13.0. The van der Waals surface area contributed by atoms with E-state index in [4.69, 9.17) is 4.74 Å². The van der Waals surface area contributed by atoms with Gasteiger partial charge in [0.2, 0.25) is 11.8 Å². The van der Waals surface area contributed by atoms with Crippen molar-refractivity contribution in [2.45, 2.75) is 13.3 Å². The molecule has 1 saturated carbocycles. The average molecular weight is 419 g/mol. The summed E-state index contributed by atoms with van der Waals surface area (Å²) in [6.45, 7) is 2.44. The molecule has 0 aromatic heterocycles. The van der Waals surface area contributed by atoms with E-state index < -0.39 is 4.92 Å². The maximum absolute atomic E-state index is 13.0. The molecule has 5 rings (SSSR count). The summed E-state index contributed by atoms with van der Waals surface area (Å²) >= 11 is 0. The highest BCUT2D eigenvalue weighted by molar-refractivity contribution is 6.23. The summed E-state index contributed by atoms with van der Waals surface area (Å²) in [5, 5.41) is 14.8. The van der Waals surface area contributed by atoms with Crippen molar-refractivity contribution in [1.29, 1.82) is 0 Å². The molecule has 1 heterocycles. The van der Waals surface area contributed by atoms with Gasteiger partial charge in [0.25, 0.3) is 5.69 Å². The van der Waals surface area contributed by atoms with Gasteiger partial charge in [-0.05, 0) is 61.6 Å². The molecule has 2 amide bonds. The van der Waals surface area contributed by atoms with Crippen LogP contribution in [0.15, 0.2) is 54.6 Å². The van der Waals surface area contributed by atoms with E-state index in [9.17, 15) is 19.7 Å². The zero-order valence-electron chi connectivity index (χ0n) is 16.9. The predicted octanol–water partition coefficient (Wildman–Crippen LogP) is 4.05. The smallest absolute Gasteiger partial charge is 0.294 e. The molecular formula is C23H21N3O5. The van der Waals surface area contributed by atoms with Crippen LogP contribution in [-0.2, 0) is 9.59 Å². The first kappa shape index (κ1) is 19.3. The van der Waals surface area contributed by atoms with Gasteiger partial charge in [-0.15, -0.1) is 0 Å². The number of nitrogens with zero attached hydrogens (tertiary/aromatic N) is 2. The summed E-state index contributed by atoms with van der Waals surface area (Å²) in [6.07, 6.45) is 4.88. The number of benzene rings is 2. The van der Waals surface area contributed by atoms with Crippen molar-refractivity contribution >= 4 is 34.6 Å². The number of hydrogen-bond donors (Lipinski definition) is 1. The van der Waals surface area contributed by atoms with Crippen molar-refractivity contribution in [3.05, 3.63) is 64.7 Å². The van der Waals surface area contributed by atoms with Crippen molar-refractivity contribution < 1.29 is 19.2 Å². The molecule has 2 bridgehead atoms. The summed E-state index contributed by atoms with van der Waals surface area (Å²) in [6, 6.07) is 11.5. The van der Waals surface area contributed by atoms with Crippen LogP contribution >= 0.6 is 0 Å². The Hall–Kier alpha value is -3.68. The first-order valence-corrected chi connectivity index (χ1v) is 10.3. The predicted molar refractivity (Wildman–Crippen MR) is 114 cm³/mol. The van der Waals surface area contributed by atoms with E-state index in [0.717, 1.165) is 11.3 Å². The third kappa shape index (κ3) is 3.06. The van der Waals surface area contributed by atoms with Crippen molar-refractivity contribution in [3.63, 3.8) is 0 Å². The number of nitrogens with one attached hydrogen (secondary N) is 1. The minimum atomic E-state index is -0.516. The number of anilines is 3. The Kier molecular flexibility index (Phi) is 4.50. The van der Waals surface area contributed by atoms with Gasteiger partial charge in [-0.2, -0.15) is 0 Å². The average Bonchev–Trinajstić information content (AvgIpc) is 3.44. The normalized spacial score (nSPS) is 25.8. The zero-order valence-corrected chi connectivity index (χ0v) is 16.9. The highest BCUT2D eigenvalue weighted by Crippen LogP contribution is 2.53. The van der Waals surface area contributed by atoms with Crippen molar-refractivity contribution in [3.8, 4) is 5.75 Å². The third-order valence-electron chi connectivity index (χ3n) is 6.35. The number of carbonyl (C=O) groups is 2. The Balaban J connectivity index is 1.43. The van der Waals surface area contributed by atoms with Crippen molar-refractivity contribution in [2.24, 2.45) is 23.7 Å². The maximum Gasteiger partial charge on any atom is 0.294 e. The molecule has 2 fully saturated rings. The lowest BCUT2D eigenvalue weighted by atomic mass is 9.85. The number of ether oxygens (including phenoxy) is 1. The van der Waals surface area contributed by atoms with Crippen LogP contribution < -0.4 is 15.0 Å². The van der Waals surface area contributed by atoms with Crippen LogP contribution in [0.3, 0.4) is 0 Å². The van der Waals surface area contributed by atoms with Crippen LogP contribution in [0.2, 0.25) is 0 Å². The van der Waals surface area contributed by atoms with Crippen LogP contribution in [0.25, 0.3) is 0 Å². The van der Waals surface area contributed by atoms with E-state index in [0.29, 0.717) is 18.0 Å². The Morgan fingerprint density at radius 3 is 2.29 bits per heavy atom. The van der Waals surface area contributed by atoms with E-state index in [1.807, 2.05) is 19.1 Å². The molecule has 158 valence electrons. The molecule has 1 saturated heterocycles. The number of rotatable bonds is 6. The molecule has 3 aliphatic rings. The Morgan fingerprint density at radius 2 is 1.71 bits per heavy atom. The minimum absolute atomic E-state index is 0.0898. The Bertz CT molecular complexity index is 1080. The summed E-state index contributed by atoms with van der Waals surface area (Å²) in [5.74, 6) is -0.315. The topological polar surface area (TPSA) is 102 Å². The number of imide groups is 1. The highest BCUT2D eigenvalue weighted by atomic mass is 16.6. The number of allylic oxidation sites excluding steroid dienone is 2. The second-order valence-corrected chi connectivity index (χ2v) is 8.05. The van der Waals surface area contributed by atoms with E-state index in [1.165, 1.54) is 12.1 Å². The molecule has 2 aliphatic carbocycles. The first-order chi connectivity index (χ1) is 15.0. The van der Waals surface area contributed by atoms with E-state index in [1.54, 1.807) is 30.3 Å². The fraction of sp³-hybridized carbons (Fsp3) is 0.304. The molecule has 4 unspecified atom stereocenters. The van der Waals surface area contributed by atoms with Gasteiger partial charge in [-0.3, -0.25) is 19.7 Å². The monoisotopic (exact) mass is 419 g/mol. The van der Waals surface area contributed by atoms with E-state index in [-0.39, 0.29) is 52.5 Å². The SMILES string of the molecule is CCOc1ccc(Nc2ccc(N3C(=O)C4C5C=CC(C5)C4C3=O)cc2[N+](=O)[O-])cc1. The lowest BCUT2D eigenvalue weighted by molar-refractivity contribution is -0.383. The minimum Gasteiger partial charge on any atom is -0.494 e. The second-order valence-electron chi connectivity index (χ2n) is 8.05. The summed E-state index contributed by atoms with van der Waals surface area (Å²) in [5.41, 5.74) is 0.974. The van der Waals surface area contributed by atoms with Crippen LogP contribution in [0, 0.1) is 33.8 Å². The summed E-state index contributed by atoms with van der Waals surface area (Å²) < 4.78 is 5.41. The molecule has 1 aliphatic heterocycles. The molecule has 4 atom stereocenters. The molecule has 8 heteroatoms. The number of fused-ring (bicyclic) bond motifs is 5. The van der Waals surface area contributed by atoms with E-state index in [2.05, 4.69) is 5.32 Å². The van der Waals surface area contributed by atoms with Gasteiger partial charge in [0, 0.05) is 11.8 Å². The van der Waals surface area contributed by atoms with Gasteiger partial charge in [0.05, 0.1) is 29.1 Å². The van der Waals surface area contributed by atoms with Gasteiger partial charge in [0.1, 0.15) is 11.4 Å². The molecule has 2 aromatic carbocycles. The van der Waals surface area contributed by atoms with Gasteiger partial charge in [0.15, 0.2) is 0 Å². The molecule has 0 radical (unpaired) electrons. The van der Waals surface area contributed by atoms with E-state index >= 15 is 0 Å². The van der Waals surface area contributed by atoms with Gasteiger partial charge in [-0.25, -0.2) is 4.90 Å².